The van der Waals surface area contributed by atoms with E-state index in [1.807, 2.05) is 53.4 Å². The lowest BCUT2D eigenvalue weighted by Crippen LogP contribution is -2.52. The minimum atomic E-state index is -0.633. The van der Waals surface area contributed by atoms with Gasteiger partial charge in [0.2, 0.25) is 17.7 Å². The summed E-state index contributed by atoms with van der Waals surface area (Å²) in [7, 11) is 0. The van der Waals surface area contributed by atoms with Gasteiger partial charge in [0.1, 0.15) is 11.6 Å². The lowest BCUT2D eigenvalue weighted by atomic mass is 9.86. The molecule has 5 heterocycles. The van der Waals surface area contributed by atoms with Crippen LogP contribution in [0.3, 0.4) is 0 Å². The number of likely N-dealkylation sites (tertiary alicyclic amines) is 1. The molecule has 0 saturated carbocycles. The van der Waals surface area contributed by atoms with Gasteiger partial charge in [-0.1, -0.05) is 30.3 Å². The summed E-state index contributed by atoms with van der Waals surface area (Å²) < 4.78 is 33.4. The van der Waals surface area contributed by atoms with Crippen LogP contribution in [-0.4, -0.2) is 109 Å². The third-order valence-electron chi connectivity index (χ3n) is 13.0. The largest absolute Gasteiger partial charge is 0.381 e. The van der Waals surface area contributed by atoms with Crippen LogP contribution in [0.25, 0.3) is 10.9 Å². The van der Waals surface area contributed by atoms with Crippen LogP contribution >= 0.6 is 0 Å². The zero-order chi connectivity index (χ0) is 43.5. The summed E-state index contributed by atoms with van der Waals surface area (Å²) in [5.74, 6) is -1.42. The highest BCUT2D eigenvalue weighted by Gasteiger charge is 2.30. The number of halogens is 2. The summed E-state index contributed by atoms with van der Waals surface area (Å²) in [4.78, 5) is 57.9. The fourth-order valence-corrected chi connectivity index (χ4v) is 9.44. The van der Waals surface area contributed by atoms with Crippen molar-refractivity contribution in [2.24, 2.45) is 0 Å². The molecule has 4 aromatic carbocycles. The highest BCUT2D eigenvalue weighted by molar-refractivity contribution is 6.11. The van der Waals surface area contributed by atoms with Crippen molar-refractivity contribution in [3.63, 3.8) is 0 Å². The van der Waals surface area contributed by atoms with E-state index in [-0.39, 0.29) is 35.6 Å². The van der Waals surface area contributed by atoms with E-state index < -0.39 is 11.6 Å². The zero-order valence-electron chi connectivity index (χ0n) is 35.1. The van der Waals surface area contributed by atoms with Crippen molar-refractivity contribution < 1.29 is 32.7 Å². The monoisotopic (exact) mass is 858 g/mol. The van der Waals surface area contributed by atoms with Gasteiger partial charge in [0.25, 0.3) is 5.91 Å². The maximum absolute atomic E-state index is 14.0. The number of aromatic nitrogens is 2. The maximum Gasteiger partial charge on any atom is 0.258 e. The smallest absolute Gasteiger partial charge is 0.258 e. The molecule has 9 rings (SSSR count). The molecule has 1 atom stereocenters. The van der Waals surface area contributed by atoms with Crippen molar-refractivity contribution >= 4 is 51.7 Å². The molecule has 328 valence electrons. The average Bonchev–Trinajstić information content (AvgIpc) is 3.68. The van der Waals surface area contributed by atoms with Gasteiger partial charge in [0.05, 0.1) is 23.5 Å². The van der Waals surface area contributed by atoms with Crippen molar-refractivity contribution in [3.05, 3.63) is 118 Å². The van der Waals surface area contributed by atoms with Crippen molar-refractivity contribution in [1.82, 2.24) is 25.3 Å². The molecule has 4 amide bonds. The Balaban J connectivity index is 0.804. The van der Waals surface area contributed by atoms with E-state index in [4.69, 9.17) is 4.74 Å². The number of piperidine rings is 2. The number of aromatic amines is 1. The highest BCUT2D eigenvalue weighted by Crippen LogP contribution is 2.33. The Hall–Kier alpha value is -6.19. The minimum absolute atomic E-state index is 0.132. The van der Waals surface area contributed by atoms with Crippen LogP contribution in [0.2, 0.25) is 0 Å². The third kappa shape index (κ3) is 9.89. The number of amides is 4. The van der Waals surface area contributed by atoms with Crippen LogP contribution < -0.4 is 20.9 Å². The van der Waals surface area contributed by atoms with Crippen LogP contribution in [-0.2, 0) is 25.5 Å². The van der Waals surface area contributed by atoms with E-state index in [1.165, 1.54) is 17.7 Å². The molecule has 13 nitrogen and oxygen atoms in total. The number of ether oxygens (including phenoxy) is 1. The molecule has 5 aromatic rings. The molecule has 1 aromatic heterocycles. The zero-order valence-corrected chi connectivity index (χ0v) is 35.1. The van der Waals surface area contributed by atoms with Gasteiger partial charge in [0.15, 0.2) is 5.82 Å². The number of carbonyl (C=O) groups excluding carboxylic acids is 4. The molecule has 4 fully saturated rings. The highest BCUT2D eigenvalue weighted by atomic mass is 19.1. The second-order valence-electron chi connectivity index (χ2n) is 17.2. The molecule has 63 heavy (non-hydrogen) atoms. The van der Waals surface area contributed by atoms with Gasteiger partial charge in [-0.15, -0.1) is 0 Å². The molecular weight excluding hydrogens is 807 g/mol. The average molecular weight is 859 g/mol. The predicted octanol–water partition coefficient (Wildman–Crippen LogP) is 6.32. The van der Waals surface area contributed by atoms with Crippen molar-refractivity contribution in [2.75, 3.05) is 74.6 Å². The number of nitrogens with zero attached hydrogens (tertiary/aromatic N) is 4. The molecular formula is C48H52F2N8O5. The summed E-state index contributed by atoms with van der Waals surface area (Å²) in [6, 6.07) is 23.2. The molecule has 4 aliphatic heterocycles. The summed E-state index contributed by atoms with van der Waals surface area (Å²) in [5, 5.41) is 17.1. The van der Waals surface area contributed by atoms with Crippen LogP contribution in [0, 0.1) is 11.6 Å². The number of hydrogen-bond acceptors (Lipinski definition) is 9. The van der Waals surface area contributed by atoms with Gasteiger partial charge in [0, 0.05) is 74.7 Å². The number of piperazine rings is 1. The number of rotatable bonds is 11. The lowest BCUT2D eigenvalue weighted by molar-refractivity contribution is -0.134. The Morgan fingerprint density at radius 1 is 0.778 bits per heavy atom. The first-order chi connectivity index (χ1) is 30.6. The summed E-state index contributed by atoms with van der Waals surface area (Å²) in [6.07, 6.45) is 4.74. The summed E-state index contributed by atoms with van der Waals surface area (Å²) >= 11 is 0. The number of benzene rings is 4. The first-order valence-electron chi connectivity index (χ1n) is 22.0. The van der Waals surface area contributed by atoms with Crippen LogP contribution in [0.1, 0.15) is 83.0 Å². The number of carbonyl (C=O) groups is 4. The second-order valence-corrected chi connectivity index (χ2v) is 17.2. The van der Waals surface area contributed by atoms with E-state index >= 15 is 0 Å². The third-order valence-corrected chi connectivity index (χ3v) is 13.0. The van der Waals surface area contributed by atoms with E-state index in [0.717, 1.165) is 61.7 Å². The van der Waals surface area contributed by atoms with Crippen molar-refractivity contribution in [3.8, 4) is 0 Å². The molecule has 0 aliphatic carbocycles. The number of nitrogens with one attached hydrogen (secondary N) is 4. The SMILES string of the molecule is O=C1CCC(c2ccc(C3CCN(CC(=O)N4CCN(c5ccc(C(=O)Nc6n[nH]c7ccc(Cc8cc(F)cc(F)c8)cc67)c(NC6CCOCC6)c5)CC4)CC3)cc2)C(=O)N1. The number of hydrogen-bond donors (Lipinski definition) is 4. The van der Waals surface area contributed by atoms with E-state index in [1.54, 1.807) is 0 Å². The number of H-pyrrole nitrogens is 1. The Labute approximate surface area is 364 Å². The molecule has 4 N–H and O–H groups in total. The lowest BCUT2D eigenvalue weighted by Gasteiger charge is -2.38. The Morgan fingerprint density at radius 3 is 2.24 bits per heavy atom. The fraction of sp³-hybridized carbons (Fsp3) is 0.396. The molecule has 0 bridgehead atoms. The van der Waals surface area contributed by atoms with Crippen LogP contribution in [0.15, 0.2) is 78.9 Å². The standard InChI is InChI=1S/C48H52F2N8O5/c49-35-24-31(25-36(50)27-35)23-30-1-9-42-41(26-30)46(55-54-42)53-48(62)40-7-6-38(28-43(40)51-37-13-21-63-22-14-37)57-17-19-58(20-18-57)45(60)29-56-15-11-33(12-16-56)32-2-4-34(5-3-32)39-8-10-44(59)52-47(39)61/h1-7,9,24-28,33,37,39,51H,8,10-23,29H2,(H,52,59,61)(H2,53,54,55,62). The van der Waals surface area contributed by atoms with Crippen molar-refractivity contribution in [1.29, 1.82) is 0 Å². The van der Waals surface area contributed by atoms with E-state index in [0.29, 0.717) is 105 Å². The quantitative estimate of drug-likeness (QED) is 0.112. The normalized spacial score (nSPS) is 19.3. The van der Waals surface area contributed by atoms with Gasteiger partial charge < -0.3 is 25.2 Å². The molecule has 4 aliphatic rings. The van der Waals surface area contributed by atoms with E-state index in [9.17, 15) is 28.0 Å². The molecule has 4 saturated heterocycles. The topological polar surface area (TPSA) is 152 Å². The van der Waals surface area contributed by atoms with Gasteiger partial charge in [-0.2, -0.15) is 5.10 Å². The summed E-state index contributed by atoms with van der Waals surface area (Å²) in [5.41, 5.74) is 6.35. The number of anilines is 3. The van der Waals surface area contributed by atoms with Gasteiger partial charge in [-0.05, 0) is 122 Å². The minimum Gasteiger partial charge on any atom is -0.381 e. The van der Waals surface area contributed by atoms with Crippen molar-refractivity contribution in [2.45, 2.75) is 62.8 Å². The van der Waals surface area contributed by atoms with Crippen LogP contribution in [0.4, 0.5) is 26.0 Å². The second kappa shape index (κ2) is 18.7. The Bertz CT molecular complexity index is 2470. The molecule has 15 heteroatoms. The fourth-order valence-electron chi connectivity index (χ4n) is 9.44. The predicted molar refractivity (Wildman–Crippen MR) is 236 cm³/mol. The molecule has 1 unspecified atom stereocenters. The van der Waals surface area contributed by atoms with Gasteiger partial charge in [-0.25, -0.2) is 8.78 Å². The van der Waals surface area contributed by atoms with Gasteiger partial charge >= 0.3 is 0 Å². The first kappa shape index (κ1) is 42.1. The Kier molecular flexibility index (Phi) is 12.5. The number of imide groups is 1. The molecule has 0 radical (unpaired) electrons. The molecule has 0 spiro atoms. The number of fused-ring (bicyclic) bond motifs is 1. The maximum atomic E-state index is 14.0. The first-order valence-corrected chi connectivity index (χ1v) is 22.0. The van der Waals surface area contributed by atoms with Gasteiger partial charge in [-0.3, -0.25) is 34.5 Å². The Morgan fingerprint density at radius 2 is 1.51 bits per heavy atom. The van der Waals surface area contributed by atoms with E-state index in [2.05, 4.69) is 48.1 Å². The summed E-state index contributed by atoms with van der Waals surface area (Å²) in [6.45, 7) is 5.86. The van der Waals surface area contributed by atoms with Crippen LogP contribution in [0.5, 0.6) is 0 Å².